The van der Waals surface area contributed by atoms with Crippen LogP contribution < -0.4 is 27.0 Å². The van der Waals surface area contributed by atoms with Gasteiger partial charge < -0.3 is 36.8 Å². The minimum atomic E-state index is -0.939. The van der Waals surface area contributed by atoms with Crippen molar-refractivity contribution in [2.45, 2.75) is 84.4 Å². The summed E-state index contributed by atoms with van der Waals surface area (Å²) in [6.07, 6.45) is 2.93. The van der Waals surface area contributed by atoms with Crippen LogP contribution in [0.1, 0.15) is 71.3 Å². The molecule has 7 N–H and O–H groups in total. The van der Waals surface area contributed by atoms with Crippen LogP contribution in [0, 0.1) is 5.92 Å². The monoisotopic (exact) mass is 549 g/mol. The lowest BCUT2D eigenvalue weighted by Gasteiger charge is -2.25. The lowest BCUT2D eigenvalue weighted by atomic mass is 10.0. The molecule has 1 aromatic carbocycles. The molecule has 12 heteroatoms. The summed E-state index contributed by atoms with van der Waals surface area (Å²) < 4.78 is 4.88. The number of ether oxygens (including phenoxy) is 1. The highest BCUT2D eigenvalue weighted by Crippen LogP contribution is 2.12. The van der Waals surface area contributed by atoms with Gasteiger partial charge in [-0.3, -0.25) is 19.2 Å². The number of amides is 5. The number of unbranched alkanes of at least 4 members (excludes halogenated alkanes) is 2. The molecular formula is C27H43N5O7. The summed E-state index contributed by atoms with van der Waals surface area (Å²) in [7, 11) is 0. The fraction of sp³-hybridized carbons (Fsp3) is 0.593. The zero-order chi connectivity index (χ0) is 29.2. The molecule has 218 valence electrons. The highest BCUT2D eigenvalue weighted by Gasteiger charge is 2.28. The van der Waals surface area contributed by atoms with Gasteiger partial charge in [0.15, 0.2) is 0 Å². The number of nitrogens with one attached hydrogen (secondary N) is 4. The Balaban J connectivity index is 2.74. The second kappa shape index (κ2) is 18.6. The molecule has 2 unspecified atom stereocenters. The van der Waals surface area contributed by atoms with E-state index in [-0.39, 0.29) is 43.8 Å². The van der Waals surface area contributed by atoms with Gasteiger partial charge in [0.05, 0.1) is 13.2 Å². The van der Waals surface area contributed by atoms with Gasteiger partial charge in [0, 0.05) is 25.1 Å². The molecule has 0 bridgehead atoms. The molecule has 0 saturated heterocycles. The van der Waals surface area contributed by atoms with Crippen LogP contribution in [0.25, 0.3) is 0 Å². The molecule has 1 aromatic rings. The number of primary amides is 1. The summed E-state index contributed by atoms with van der Waals surface area (Å²) in [6, 6.07) is 4.13. The van der Waals surface area contributed by atoms with Crippen molar-refractivity contribution >= 4 is 35.4 Å². The zero-order valence-electron chi connectivity index (χ0n) is 23.1. The van der Waals surface area contributed by atoms with Gasteiger partial charge in [0.2, 0.25) is 17.7 Å². The maximum Gasteiger partial charge on any atom is 0.312 e. The number of rotatable bonds is 18. The van der Waals surface area contributed by atoms with E-state index in [1.165, 1.54) is 0 Å². The van der Waals surface area contributed by atoms with E-state index < -0.39 is 29.9 Å². The number of hydrogen-bond acceptors (Lipinski definition) is 7. The van der Waals surface area contributed by atoms with Crippen molar-refractivity contribution in [3.8, 4) is 0 Å². The molecule has 1 rings (SSSR count). The average molecular weight is 550 g/mol. The van der Waals surface area contributed by atoms with Crippen LogP contribution in [0.2, 0.25) is 0 Å². The second-order valence-corrected chi connectivity index (χ2v) is 9.49. The second-order valence-electron chi connectivity index (χ2n) is 9.49. The van der Waals surface area contributed by atoms with Crippen molar-refractivity contribution in [1.82, 2.24) is 16.0 Å². The van der Waals surface area contributed by atoms with Gasteiger partial charge in [-0.1, -0.05) is 32.4 Å². The van der Waals surface area contributed by atoms with Crippen molar-refractivity contribution in [3.05, 3.63) is 29.8 Å². The van der Waals surface area contributed by atoms with E-state index in [0.717, 1.165) is 0 Å². The van der Waals surface area contributed by atoms with Crippen molar-refractivity contribution < 1.29 is 33.8 Å². The van der Waals surface area contributed by atoms with E-state index in [2.05, 4.69) is 21.3 Å². The lowest BCUT2D eigenvalue weighted by molar-refractivity contribution is -0.143. The molecule has 0 aliphatic carbocycles. The first-order chi connectivity index (χ1) is 18.6. The van der Waals surface area contributed by atoms with E-state index in [9.17, 15) is 29.1 Å². The molecule has 0 saturated carbocycles. The van der Waals surface area contributed by atoms with Crippen LogP contribution in [-0.2, 0) is 30.5 Å². The van der Waals surface area contributed by atoms with Gasteiger partial charge in [-0.25, -0.2) is 4.79 Å². The molecule has 0 heterocycles. The van der Waals surface area contributed by atoms with Crippen molar-refractivity contribution in [3.63, 3.8) is 0 Å². The number of hydrogen-bond donors (Lipinski definition) is 6. The van der Waals surface area contributed by atoms with Gasteiger partial charge in [0.1, 0.15) is 12.1 Å². The van der Waals surface area contributed by atoms with E-state index in [4.69, 9.17) is 10.5 Å². The number of carbonyl (C=O) groups excluding carboxylic acids is 5. The number of benzene rings is 1. The Labute approximate surface area is 229 Å². The lowest BCUT2D eigenvalue weighted by Crippen LogP contribution is -2.54. The average Bonchev–Trinajstić information content (AvgIpc) is 2.88. The van der Waals surface area contributed by atoms with Crippen molar-refractivity contribution in [1.29, 1.82) is 0 Å². The molecule has 2 atom stereocenters. The molecule has 0 aromatic heterocycles. The Morgan fingerprint density at radius 2 is 1.59 bits per heavy atom. The summed E-state index contributed by atoms with van der Waals surface area (Å²) in [5.74, 6) is -1.77. The Morgan fingerprint density at radius 1 is 0.923 bits per heavy atom. The first-order valence-electron chi connectivity index (χ1n) is 13.4. The number of aliphatic hydroxyl groups excluding tert-OH is 1. The van der Waals surface area contributed by atoms with Gasteiger partial charge in [-0.15, -0.1) is 0 Å². The Morgan fingerprint density at radius 3 is 2.18 bits per heavy atom. The minimum Gasteiger partial charge on any atom is -0.466 e. The normalized spacial score (nSPS) is 12.2. The van der Waals surface area contributed by atoms with Crippen LogP contribution in [-0.4, -0.2) is 60.1 Å². The SMILES string of the molecule is CCOC(=O)CCCCCC(=O)NC(C(=O)NC(CCCNC(N)=O)C(=O)Nc1ccc(CO)cc1)C(C)C. The van der Waals surface area contributed by atoms with E-state index in [1.807, 2.05) is 0 Å². The molecule has 12 nitrogen and oxygen atoms in total. The van der Waals surface area contributed by atoms with Crippen molar-refractivity contribution in [2.75, 3.05) is 18.5 Å². The fourth-order valence-electron chi connectivity index (χ4n) is 3.72. The molecule has 5 amide bonds. The molecule has 0 spiro atoms. The molecule has 0 aliphatic rings. The number of urea groups is 1. The Bertz CT molecular complexity index is 937. The van der Waals surface area contributed by atoms with Crippen LogP contribution in [0.3, 0.4) is 0 Å². The first kappa shape index (κ1) is 33.4. The summed E-state index contributed by atoms with van der Waals surface area (Å²) in [5.41, 5.74) is 6.27. The molecule has 0 fully saturated rings. The third-order valence-corrected chi connectivity index (χ3v) is 5.86. The predicted molar refractivity (Wildman–Crippen MR) is 146 cm³/mol. The van der Waals surface area contributed by atoms with Gasteiger partial charge in [0.25, 0.3) is 0 Å². The zero-order valence-corrected chi connectivity index (χ0v) is 23.1. The third-order valence-electron chi connectivity index (χ3n) is 5.86. The van der Waals surface area contributed by atoms with Gasteiger partial charge >= 0.3 is 12.0 Å². The molecule has 0 radical (unpaired) electrons. The number of anilines is 1. The smallest absolute Gasteiger partial charge is 0.312 e. The molecular weight excluding hydrogens is 506 g/mol. The number of nitrogens with two attached hydrogens (primary N) is 1. The topological polar surface area (TPSA) is 189 Å². The standard InChI is InChI=1S/C27H43N5O7/c1-4-39-23(35)11-7-5-6-10-22(34)32-24(18(2)3)26(37)31-21(9-8-16-29-27(28)38)25(36)30-20-14-12-19(17-33)13-15-20/h12-15,18,21,24,33H,4-11,16-17H2,1-3H3,(H,30,36)(H,31,37)(H,32,34)(H3,28,29,38). The van der Waals surface area contributed by atoms with Crippen LogP contribution in [0.5, 0.6) is 0 Å². The van der Waals surface area contributed by atoms with E-state index in [0.29, 0.717) is 50.0 Å². The van der Waals surface area contributed by atoms with E-state index >= 15 is 0 Å². The summed E-state index contributed by atoms with van der Waals surface area (Å²) in [4.78, 5) is 61.1. The largest absolute Gasteiger partial charge is 0.466 e. The van der Waals surface area contributed by atoms with Crippen LogP contribution in [0.15, 0.2) is 24.3 Å². The first-order valence-corrected chi connectivity index (χ1v) is 13.4. The quantitative estimate of drug-likeness (QED) is 0.119. The number of carbonyl (C=O) groups is 5. The summed E-state index contributed by atoms with van der Waals surface area (Å²) in [6.45, 7) is 5.76. The Hall–Kier alpha value is -3.67. The predicted octanol–water partition coefficient (Wildman–Crippen LogP) is 1.71. The van der Waals surface area contributed by atoms with Gasteiger partial charge in [-0.05, 0) is 56.2 Å². The van der Waals surface area contributed by atoms with Crippen LogP contribution in [0.4, 0.5) is 10.5 Å². The van der Waals surface area contributed by atoms with Gasteiger partial charge in [-0.2, -0.15) is 0 Å². The highest BCUT2D eigenvalue weighted by molar-refractivity contribution is 5.98. The minimum absolute atomic E-state index is 0.129. The maximum atomic E-state index is 13.1. The number of aliphatic hydroxyl groups is 1. The summed E-state index contributed by atoms with van der Waals surface area (Å²) >= 11 is 0. The molecule has 0 aliphatic heterocycles. The summed E-state index contributed by atoms with van der Waals surface area (Å²) in [5, 5.41) is 19.9. The highest BCUT2D eigenvalue weighted by atomic mass is 16.5. The fourth-order valence-corrected chi connectivity index (χ4v) is 3.72. The third kappa shape index (κ3) is 14.2. The number of esters is 1. The van der Waals surface area contributed by atoms with Crippen LogP contribution >= 0.6 is 0 Å². The molecule has 39 heavy (non-hydrogen) atoms. The maximum absolute atomic E-state index is 13.1. The Kier molecular flexibility index (Phi) is 15.9. The van der Waals surface area contributed by atoms with Crippen molar-refractivity contribution in [2.24, 2.45) is 11.7 Å². The van der Waals surface area contributed by atoms with E-state index in [1.54, 1.807) is 45.0 Å².